The Morgan fingerprint density at radius 2 is 2.00 bits per heavy atom. The van der Waals surface area contributed by atoms with E-state index in [0.717, 1.165) is 0 Å². The Bertz CT molecular complexity index is 1360. The third-order valence-corrected chi connectivity index (χ3v) is 4.68. The van der Waals surface area contributed by atoms with Crippen molar-refractivity contribution in [2.24, 2.45) is 0 Å². The van der Waals surface area contributed by atoms with E-state index in [2.05, 4.69) is 9.97 Å². The molecule has 0 spiro atoms. The number of H-pyrrole nitrogens is 1. The number of esters is 1. The summed E-state index contributed by atoms with van der Waals surface area (Å²) in [7, 11) is 1.27. The first-order chi connectivity index (χ1) is 14.5. The van der Waals surface area contributed by atoms with Crippen LogP contribution in [0.25, 0.3) is 33.3 Å². The van der Waals surface area contributed by atoms with Crippen molar-refractivity contribution in [2.75, 3.05) is 7.11 Å². The van der Waals surface area contributed by atoms with Crippen molar-refractivity contribution >= 4 is 39.6 Å². The van der Waals surface area contributed by atoms with Crippen molar-refractivity contribution in [3.05, 3.63) is 87.9 Å². The number of hydrogen-bond acceptors (Lipinski definition) is 5. The molecule has 0 fully saturated rings. The molecule has 2 aromatic carbocycles. The summed E-state index contributed by atoms with van der Waals surface area (Å²) < 4.78 is 24.3. The van der Waals surface area contributed by atoms with Gasteiger partial charge in [-0.05, 0) is 42.5 Å². The summed E-state index contributed by atoms with van der Waals surface area (Å²) in [5.41, 5.74) is 0.453. The number of aromatic nitrogens is 2. The fourth-order valence-electron chi connectivity index (χ4n) is 2.93. The van der Waals surface area contributed by atoms with Crippen LogP contribution in [0, 0.1) is 5.82 Å². The highest BCUT2D eigenvalue weighted by Gasteiger charge is 2.13. The van der Waals surface area contributed by atoms with E-state index in [1.54, 1.807) is 30.3 Å². The van der Waals surface area contributed by atoms with Crippen LogP contribution in [-0.2, 0) is 4.74 Å². The highest BCUT2D eigenvalue weighted by molar-refractivity contribution is 6.50. The number of nitrogens with one attached hydrogen (secondary N) is 1. The van der Waals surface area contributed by atoms with Gasteiger partial charge in [0.15, 0.2) is 5.82 Å². The van der Waals surface area contributed by atoms with Gasteiger partial charge in [-0.25, -0.2) is 14.2 Å². The molecule has 0 bridgehead atoms. The predicted molar refractivity (Wildman–Crippen MR) is 112 cm³/mol. The average molecular weight is 425 g/mol. The lowest BCUT2D eigenvalue weighted by atomic mass is 10.1. The maximum atomic E-state index is 13.9. The van der Waals surface area contributed by atoms with Crippen molar-refractivity contribution in [1.29, 1.82) is 0 Å². The van der Waals surface area contributed by atoms with Gasteiger partial charge >= 0.3 is 5.97 Å². The molecule has 0 aliphatic heterocycles. The van der Waals surface area contributed by atoms with Crippen LogP contribution in [-0.4, -0.2) is 23.0 Å². The molecule has 8 heteroatoms. The summed E-state index contributed by atoms with van der Waals surface area (Å²) in [6.45, 7) is 0. The Hall–Kier alpha value is -3.71. The zero-order chi connectivity index (χ0) is 21.3. The number of carbonyl (C=O) groups excluding carboxylic acids is 1. The minimum absolute atomic E-state index is 0.0972. The first kappa shape index (κ1) is 19.6. The molecule has 6 nitrogen and oxygen atoms in total. The lowest BCUT2D eigenvalue weighted by Gasteiger charge is -2.04. The van der Waals surface area contributed by atoms with E-state index in [9.17, 15) is 14.0 Å². The average Bonchev–Trinajstić information content (AvgIpc) is 3.21. The smallest absolute Gasteiger partial charge is 0.337 e. The zero-order valence-corrected chi connectivity index (χ0v) is 16.4. The Labute approximate surface area is 174 Å². The molecule has 1 N–H and O–H groups in total. The maximum absolute atomic E-state index is 13.9. The second kappa shape index (κ2) is 7.96. The third-order valence-electron chi connectivity index (χ3n) is 4.39. The fraction of sp³-hybridized carbons (Fsp3) is 0.0455. The quantitative estimate of drug-likeness (QED) is 0.473. The number of ether oxygens (including phenoxy) is 1. The number of benzene rings is 2. The van der Waals surface area contributed by atoms with Gasteiger partial charge in [0.05, 0.1) is 34.2 Å². The number of halogens is 2. The highest BCUT2D eigenvalue weighted by Crippen LogP contribution is 2.27. The second-order valence-corrected chi connectivity index (χ2v) is 6.72. The lowest BCUT2D eigenvalue weighted by molar-refractivity contribution is 0.0601. The van der Waals surface area contributed by atoms with Crippen molar-refractivity contribution in [3.63, 3.8) is 0 Å². The largest absolute Gasteiger partial charge is 0.465 e. The monoisotopic (exact) mass is 424 g/mol. The van der Waals surface area contributed by atoms with Gasteiger partial charge in [0.2, 0.25) is 0 Å². The summed E-state index contributed by atoms with van der Waals surface area (Å²) in [4.78, 5) is 31.0. The molecule has 0 saturated heterocycles. The van der Waals surface area contributed by atoms with Crippen LogP contribution in [0.4, 0.5) is 4.39 Å². The van der Waals surface area contributed by atoms with Crippen LogP contribution >= 0.6 is 11.6 Å². The van der Waals surface area contributed by atoms with Gasteiger partial charge < -0.3 is 14.1 Å². The standard InChI is InChI=1S/C22H14ClFN2O4/c1-29-22(28)12-6-8-15-18(10-12)25-20(26-21(15)27)16(23)11-13-7-9-19(30-13)14-4-2-3-5-17(14)24/h2-11H,1H3,(H,25,26,27)/b16-11-. The van der Waals surface area contributed by atoms with E-state index in [1.165, 1.54) is 37.5 Å². The van der Waals surface area contributed by atoms with E-state index in [0.29, 0.717) is 22.5 Å². The normalized spacial score (nSPS) is 11.6. The Morgan fingerprint density at radius 1 is 1.20 bits per heavy atom. The van der Waals surface area contributed by atoms with Gasteiger partial charge in [-0.1, -0.05) is 23.7 Å². The topological polar surface area (TPSA) is 85.2 Å². The number of nitrogens with zero attached hydrogens (tertiary/aromatic N) is 1. The predicted octanol–water partition coefficient (Wildman–Crippen LogP) is 4.85. The summed E-state index contributed by atoms with van der Waals surface area (Å²) in [6, 6.07) is 13.9. The summed E-state index contributed by atoms with van der Waals surface area (Å²) in [6.07, 6.45) is 1.46. The van der Waals surface area contributed by atoms with Crippen LogP contribution in [0.2, 0.25) is 0 Å². The number of fused-ring (bicyclic) bond motifs is 1. The van der Waals surface area contributed by atoms with Crippen LogP contribution in [0.3, 0.4) is 0 Å². The summed E-state index contributed by atoms with van der Waals surface area (Å²) in [5.74, 6) is -0.162. The lowest BCUT2D eigenvalue weighted by Crippen LogP contribution is -2.11. The number of furan rings is 1. The van der Waals surface area contributed by atoms with E-state index in [4.69, 9.17) is 20.8 Å². The minimum Gasteiger partial charge on any atom is -0.465 e. The molecule has 0 radical (unpaired) electrons. The molecule has 0 aliphatic carbocycles. The molecule has 4 rings (SSSR count). The molecular weight excluding hydrogens is 411 g/mol. The molecule has 0 amide bonds. The zero-order valence-electron chi connectivity index (χ0n) is 15.6. The number of methoxy groups -OCH3 is 1. The number of aromatic amines is 1. The Kier molecular flexibility index (Phi) is 5.20. The Balaban J connectivity index is 1.71. The molecule has 2 aromatic heterocycles. The van der Waals surface area contributed by atoms with Crippen LogP contribution in [0.15, 0.2) is 63.8 Å². The van der Waals surface area contributed by atoms with E-state index in [1.807, 2.05) is 0 Å². The first-order valence-corrected chi connectivity index (χ1v) is 9.19. The van der Waals surface area contributed by atoms with Gasteiger partial charge in [0.1, 0.15) is 17.3 Å². The van der Waals surface area contributed by atoms with Gasteiger partial charge in [0.25, 0.3) is 5.56 Å². The van der Waals surface area contributed by atoms with Crippen molar-refractivity contribution in [3.8, 4) is 11.3 Å². The first-order valence-electron chi connectivity index (χ1n) is 8.81. The Morgan fingerprint density at radius 3 is 2.77 bits per heavy atom. The second-order valence-electron chi connectivity index (χ2n) is 6.31. The number of carbonyl (C=O) groups is 1. The highest BCUT2D eigenvalue weighted by atomic mass is 35.5. The van der Waals surface area contributed by atoms with E-state index >= 15 is 0 Å². The third kappa shape index (κ3) is 3.75. The van der Waals surface area contributed by atoms with Crippen LogP contribution in [0.5, 0.6) is 0 Å². The molecule has 0 unspecified atom stereocenters. The maximum Gasteiger partial charge on any atom is 0.337 e. The van der Waals surface area contributed by atoms with E-state index < -0.39 is 17.3 Å². The summed E-state index contributed by atoms with van der Waals surface area (Å²) in [5, 5.41) is 0.405. The molecule has 2 heterocycles. The van der Waals surface area contributed by atoms with E-state index in [-0.39, 0.29) is 21.9 Å². The molecule has 0 atom stereocenters. The van der Waals surface area contributed by atoms with Crippen molar-refractivity contribution in [1.82, 2.24) is 9.97 Å². The number of hydrogen-bond donors (Lipinski definition) is 1. The van der Waals surface area contributed by atoms with Crippen molar-refractivity contribution in [2.45, 2.75) is 0 Å². The number of rotatable bonds is 4. The fourth-order valence-corrected chi connectivity index (χ4v) is 3.12. The minimum atomic E-state index is -0.543. The SMILES string of the molecule is COC(=O)c1ccc2c(=O)[nH]c(/C(Cl)=C/c3ccc(-c4ccccc4F)o3)nc2c1. The summed E-state index contributed by atoms with van der Waals surface area (Å²) >= 11 is 6.33. The molecule has 150 valence electrons. The molecule has 0 saturated carbocycles. The molecule has 0 aliphatic rings. The van der Waals surface area contributed by atoms with Gasteiger partial charge in [-0.3, -0.25) is 4.79 Å². The van der Waals surface area contributed by atoms with Gasteiger partial charge in [-0.2, -0.15) is 0 Å². The molecule has 4 aromatic rings. The van der Waals surface area contributed by atoms with Gasteiger partial charge in [-0.15, -0.1) is 0 Å². The van der Waals surface area contributed by atoms with Crippen molar-refractivity contribution < 1.29 is 18.3 Å². The van der Waals surface area contributed by atoms with Crippen LogP contribution < -0.4 is 5.56 Å². The van der Waals surface area contributed by atoms with Crippen LogP contribution in [0.1, 0.15) is 21.9 Å². The van der Waals surface area contributed by atoms with Gasteiger partial charge in [0, 0.05) is 6.08 Å². The molecular formula is C22H14ClFN2O4. The molecule has 30 heavy (non-hydrogen) atoms.